The molecular formula is C22H27NO4. The molecule has 1 N–H and O–H groups in total. The van der Waals surface area contributed by atoms with Gasteiger partial charge in [-0.05, 0) is 44.5 Å². The Balaban J connectivity index is 1.60. The summed E-state index contributed by atoms with van der Waals surface area (Å²) >= 11 is 0. The Hall–Kier alpha value is -2.53. The van der Waals surface area contributed by atoms with E-state index in [9.17, 15) is 4.79 Å². The summed E-state index contributed by atoms with van der Waals surface area (Å²) in [6.07, 6.45) is 0.880. The molecule has 2 aromatic rings. The lowest BCUT2D eigenvalue weighted by atomic mass is 10.0. The molecule has 1 heterocycles. The second-order valence-corrected chi connectivity index (χ2v) is 7.60. The zero-order valence-corrected chi connectivity index (χ0v) is 16.4. The summed E-state index contributed by atoms with van der Waals surface area (Å²) in [4.78, 5) is 12.2. The van der Waals surface area contributed by atoms with Crippen molar-refractivity contribution in [1.82, 2.24) is 5.32 Å². The molecule has 0 fully saturated rings. The predicted octanol–water partition coefficient (Wildman–Crippen LogP) is 3.74. The lowest BCUT2D eigenvalue weighted by Gasteiger charge is -2.18. The van der Waals surface area contributed by atoms with Crippen molar-refractivity contribution in [2.45, 2.75) is 45.4 Å². The third-order valence-corrected chi connectivity index (χ3v) is 4.46. The van der Waals surface area contributed by atoms with Crippen molar-refractivity contribution in [1.29, 1.82) is 0 Å². The maximum atomic E-state index is 12.2. The Kier molecular flexibility index (Phi) is 5.71. The van der Waals surface area contributed by atoms with E-state index in [-0.39, 0.29) is 17.6 Å². The van der Waals surface area contributed by atoms with Crippen LogP contribution in [0.5, 0.6) is 11.5 Å². The summed E-state index contributed by atoms with van der Waals surface area (Å²) in [6, 6.07) is 13.4. The zero-order chi connectivity index (χ0) is 19.4. The van der Waals surface area contributed by atoms with Crippen LogP contribution in [0, 0.1) is 0 Å². The van der Waals surface area contributed by atoms with Gasteiger partial charge in [-0.15, -0.1) is 0 Å². The molecule has 27 heavy (non-hydrogen) atoms. The number of methoxy groups -OCH3 is 1. The van der Waals surface area contributed by atoms with Crippen LogP contribution in [0.25, 0.3) is 0 Å². The van der Waals surface area contributed by atoms with Crippen LogP contribution in [-0.4, -0.2) is 31.3 Å². The maximum Gasteiger partial charge on any atom is 0.251 e. The van der Waals surface area contributed by atoms with Crippen molar-refractivity contribution in [3.05, 3.63) is 59.2 Å². The molecule has 0 saturated heterocycles. The van der Waals surface area contributed by atoms with Gasteiger partial charge in [0, 0.05) is 30.7 Å². The van der Waals surface area contributed by atoms with Crippen LogP contribution in [0.15, 0.2) is 42.5 Å². The highest BCUT2D eigenvalue weighted by Gasteiger charge is 2.32. The lowest BCUT2D eigenvalue weighted by Crippen LogP contribution is -2.35. The van der Waals surface area contributed by atoms with E-state index in [0.29, 0.717) is 18.8 Å². The highest BCUT2D eigenvalue weighted by molar-refractivity contribution is 5.94. The molecule has 1 amide bonds. The van der Waals surface area contributed by atoms with Crippen molar-refractivity contribution in [2.75, 3.05) is 13.7 Å². The predicted molar refractivity (Wildman–Crippen MR) is 104 cm³/mol. The SMILES string of the molecule is COC[C@H](C)NC(=O)c1ccc(COc2cccc3c2OC(C)(C)C3)cc1. The van der Waals surface area contributed by atoms with Crippen molar-refractivity contribution < 1.29 is 19.0 Å². The van der Waals surface area contributed by atoms with Gasteiger partial charge in [-0.25, -0.2) is 0 Å². The number of hydrogen-bond acceptors (Lipinski definition) is 4. The fourth-order valence-corrected chi connectivity index (χ4v) is 3.21. The number of ether oxygens (including phenoxy) is 3. The van der Waals surface area contributed by atoms with Gasteiger partial charge in [0.15, 0.2) is 11.5 Å². The third-order valence-electron chi connectivity index (χ3n) is 4.46. The summed E-state index contributed by atoms with van der Waals surface area (Å²) in [5.41, 5.74) is 2.59. The monoisotopic (exact) mass is 369 g/mol. The molecule has 0 bridgehead atoms. The number of benzene rings is 2. The molecular weight excluding hydrogens is 342 g/mol. The first-order valence-corrected chi connectivity index (χ1v) is 9.20. The van der Waals surface area contributed by atoms with Crippen molar-refractivity contribution >= 4 is 5.91 Å². The Morgan fingerprint density at radius 3 is 2.67 bits per heavy atom. The molecule has 0 saturated carbocycles. The van der Waals surface area contributed by atoms with Crippen LogP contribution in [0.1, 0.15) is 42.3 Å². The summed E-state index contributed by atoms with van der Waals surface area (Å²) in [5.74, 6) is 1.49. The summed E-state index contributed by atoms with van der Waals surface area (Å²) in [6.45, 7) is 6.97. The highest BCUT2D eigenvalue weighted by atomic mass is 16.5. The third kappa shape index (κ3) is 4.80. The fourth-order valence-electron chi connectivity index (χ4n) is 3.21. The van der Waals surface area contributed by atoms with Crippen molar-refractivity contribution in [3.8, 4) is 11.5 Å². The van der Waals surface area contributed by atoms with Gasteiger partial charge in [-0.3, -0.25) is 4.79 Å². The molecule has 5 heteroatoms. The van der Waals surface area contributed by atoms with Crippen LogP contribution in [0.4, 0.5) is 0 Å². The second-order valence-electron chi connectivity index (χ2n) is 7.60. The summed E-state index contributed by atoms with van der Waals surface area (Å²) < 4.78 is 17.1. The van der Waals surface area contributed by atoms with Crippen LogP contribution >= 0.6 is 0 Å². The van der Waals surface area contributed by atoms with Gasteiger partial charge in [-0.1, -0.05) is 24.3 Å². The number of fused-ring (bicyclic) bond motifs is 1. The number of hydrogen-bond donors (Lipinski definition) is 1. The van der Waals surface area contributed by atoms with E-state index in [1.54, 1.807) is 7.11 Å². The average Bonchev–Trinajstić information content (AvgIpc) is 2.95. The number of amides is 1. The van der Waals surface area contributed by atoms with Gasteiger partial charge < -0.3 is 19.5 Å². The zero-order valence-electron chi connectivity index (χ0n) is 16.4. The van der Waals surface area contributed by atoms with Crippen molar-refractivity contribution in [3.63, 3.8) is 0 Å². The Morgan fingerprint density at radius 2 is 1.96 bits per heavy atom. The average molecular weight is 369 g/mol. The largest absolute Gasteiger partial charge is 0.485 e. The van der Waals surface area contributed by atoms with Gasteiger partial charge in [0.05, 0.1) is 6.61 Å². The Labute approximate surface area is 160 Å². The molecule has 3 rings (SSSR count). The molecule has 0 aliphatic carbocycles. The first-order valence-electron chi connectivity index (χ1n) is 9.20. The Bertz CT molecular complexity index is 798. The molecule has 1 aliphatic heterocycles. The number of rotatable bonds is 7. The molecule has 144 valence electrons. The van der Waals surface area contributed by atoms with Gasteiger partial charge in [0.2, 0.25) is 0 Å². The highest BCUT2D eigenvalue weighted by Crippen LogP contribution is 2.41. The summed E-state index contributed by atoms with van der Waals surface area (Å²) in [7, 11) is 1.62. The standard InChI is InChI=1S/C22H27NO4/c1-15(13-25-4)23-21(24)17-10-8-16(9-11-17)14-26-19-7-5-6-18-12-22(2,3)27-20(18)19/h5-11,15H,12-14H2,1-4H3,(H,23,24)/t15-/m0/s1. The van der Waals surface area contributed by atoms with Gasteiger partial charge in [0.1, 0.15) is 12.2 Å². The molecule has 0 radical (unpaired) electrons. The maximum absolute atomic E-state index is 12.2. The van der Waals surface area contributed by atoms with E-state index in [0.717, 1.165) is 23.5 Å². The van der Waals surface area contributed by atoms with Crippen LogP contribution in [0.3, 0.4) is 0 Å². The van der Waals surface area contributed by atoms with Gasteiger partial charge >= 0.3 is 0 Å². The van der Waals surface area contributed by atoms with E-state index < -0.39 is 0 Å². The van der Waals surface area contributed by atoms with E-state index in [4.69, 9.17) is 14.2 Å². The van der Waals surface area contributed by atoms with Crippen LogP contribution in [-0.2, 0) is 17.8 Å². The van der Waals surface area contributed by atoms with Gasteiger partial charge in [-0.2, -0.15) is 0 Å². The Morgan fingerprint density at radius 1 is 1.22 bits per heavy atom. The minimum Gasteiger partial charge on any atom is -0.485 e. The number of para-hydroxylation sites is 1. The lowest BCUT2D eigenvalue weighted by molar-refractivity contribution is 0.0905. The normalized spacial score (nSPS) is 15.6. The molecule has 0 spiro atoms. The smallest absolute Gasteiger partial charge is 0.251 e. The second kappa shape index (κ2) is 8.01. The first kappa shape index (κ1) is 19.2. The molecule has 2 aromatic carbocycles. The topological polar surface area (TPSA) is 56.8 Å². The number of nitrogens with one attached hydrogen (secondary N) is 1. The molecule has 1 aliphatic rings. The molecule has 0 unspecified atom stereocenters. The summed E-state index contributed by atoms with van der Waals surface area (Å²) in [5, 5.41) is 2.90. The van der Waals surface area contributed by atoms with Gasteiger partial charge in [0.25, 0.3) is 5.91 Å². The van der Waals surface area contributed by atoms with Crippen LogP contribution < -0.4 is 14.8 Å². The van der Waals surface area contributed by atoms with E-state index in [1.807, 2.05) is 43.3 Å². The van der Waals surface area contributed by atoms with Crippen molar-refractivity contribution in [2.24, 2.45) is 0 Å². The number of carbonyl (C=O) groups is 1. The molecule has 1 atom stereocenters. The molecule has 5 nitrogen and oxygen atoms in total. The molecule has 0 aromatic heterocycles. The first-order chi connectivity index (χ1) is 12.9. The number of carbonyl (C=O) groups excluding carboxylic acids is 1. The van der Waals surface area contributed by atoms with E-state index >= 15 is 0 Å². The fraction of sp³-hybridized carbons (Fsp3) is 0.409. The quantitative estimate of drug-likeness (QED) is 0.808. The van der Waals surface area contributed by atoms with Crippen LogP contribution in [0.2, 0.25) is 0 Å². The minimum atomic E-state index is -0.198. The van der Waals surface area contributed by atoms with E-state index in [1.165, 1.54) is 5.56 Å². The van der Waals surface area contributed by atoms with E-state index in [2.05, 4.69) is 25.2 Å². The minimum absolute atomic E-state index is 0.0325.